The van der Waals surface area contributed by atoms with Crippen LogP contribution >= 0.6 is 12.2 Å². The van der Waals surface area contributed by atoms with E-state index in [1.54, 1.807) is 14.2 Å². The molecule has 1 aliphatic heterocycles. The quantitative estimate of drug-likeness (QED) is 0.518. The third kappa shape index (κ3) is 4.91. The predicted molar refractivity (Wildman–Crippen MR) is 109 cm³/mol. The maximum absolute atomic E-state index is 12.9. The van der Waals surface area contributed by atoms with Crippen LogP contribution in [0.4, 0.5) is 0 Å². The van der Waals surface area contributed by atoms with Crippen LogP contribution in [0.15, 0.2) is 29.5 Å². The molecule has 0 spiro atoms. The van der Waals surface area contributed by atoms with E-state index >= 15 is 0 Å². The Balaban J connectivity index is 2.40. The van der Waals surface area contributed by atoms with E-state index in [0.29, 0.717) is 40.4 Å². The Labute approximate surface area is 166 Å². The van der Waals surface area contributed by atoms with Crippen molar-refractivity contribution in [2.24, 2.45) is 5.92 Å². The van der Waals surface area contributed by atoms with Crippen molar-refractivity contribution in [3.05, 3.63) is 35.0 Å². The summed E-state index contributed by atoms with van der Waals surface area (Å²) in [6.07, 6.45) is 1.94. The fourth-order valence-electron chi connectivity index (χ4n) is 3.06. The number of carbonyl (C=O) groups is 1. The van der Waals surface area contributed by atoms with E-state index in [-0.39, 0.29) is 5.97 Å². The van der Waals surface area contributed by atoms with Crippen molar-refractivity contribution in [1.82, 2.24) is 10.6 Å². The van der Waals surface area contributed by atoms with Crippen molar-refractivity contribution < 1.29 is 19.0 Å². The number of rotatable bonds is 8. The highest BCUT2D eigenvalue weighted by Gasteiger charge is 2.33. The number of thiocarbonyl (C=S) groups is 1. The lowest BCUT2D eigenvalue weighted by molar-refractivity contribution is -0.141. The van der Waals surface area contributed by atoms with Crippen LogP contribution in [0.25, 0.3) is 0 Å². The van der Waals surface area contributed by atoms with E-state index in [0.717, 1.165) is 18.4 Å². The maximum Gasteiger partial charge on any atom is 0.338 e. The van der Waals surface area contributed by atoms with Gasteiger partial charge in [-0.25, -0.2) is 4.79 Å². The maximum atomic E-state index is 12.9. The first-order valence-corrected chi connectivity index (χ1v) is 9.53. The first-order valence-electron chi connectivity index (χ1n) is 9.12. The molecular formula is C20H28N2O4S. The fourth-order valence-corrected chi connectivity index (χ4v) is 3.33. The van der Waals surface area contributed by atoms with Gasteiger partial charge in [0.1, 0.15) is 11.5 Å². The summed E-state index contributed by atoms with van der Waals surface area (Å²) in [6, 6.07) is 4.97. The Hall–Kier alpha value is -2.28. The van der Waals surface area contributed by atoms with Crippen molar-refractivity contribution in [1.29, 1.82) is 0 Å². The highest BCUT2D eigenvalue weighted by atomic mass is 32.1. The van der Waals surface area contributed by atoms with Gasteiger partial charge in [-0.1, -0.05) is 26.7 Å². The number of nitrogens with one attached hydrogen (secondary N) is 2. The van der Waals surface area contributed by atoms with Gasteiger partial charge in [0.2, 0.25) is 0 Å². The molecule has 0 aromatic heterocycles. The number of ether oxygens (including phenoxy) is 3. The minimum Gasteiger partial charge on any atom is -0.497 e. The van der Waals surface area contributed by atoms with E-state index in [1.165, 1.54) is 0 Å². The van der Waals surface area contributed by atoms with E-state index < -0.39 is 6.04 Å². The molecule has 6 nitrogen and oxygen atoms in total. The zero-order valence-electron chi connectivity index (χ0n) is 16.5. The van der Waals surface area contributed by atoms with Crippen LogP contribution in [0.1, 0.15) is 45.2 Å². The summed E-state index contributed by atoms with van der Waals surface area (Å²) in [5, 5.41) is 6.62. The first-order chi connectivity index (χ1) is 12.9. The number of hydrogen-bond acceptors (Lipinski definition) is 5. The normalized spacial score (nSPS) is 16.7. The van der Waals surface area contributed by atoms with Gasteiger partial charge in [-0.15, -0.1) is 0 Å². The molecule has 1 aromatic rings. The van der Waals surface area contributed by atoms with E-state index in [9.17, 15) is 4.79 Å². The molecular weight excluding hydrogens is 364 g/mol. The Morgan fingerprint density at radius 2 is 1.93 bits per heavy atom. The van der Waals surface area contributed by atoms with Gasteiger partial charge >= 0.3 is 5.97 Å². The van der Waals surface area contributed by atoms with E-state index in [1.807, 2.05) is 25.1 Å². The number of carbonyl (C=O) groups excluding carboxylic acids is 1. The van der Waals surface area contributed by atoms with Gasteiger partial charge in [-0.2, -0.15) is 0 Å². The van der Waals surface area contributed by atoms with Gasteiger partial charge in [0, 0.05) is 11.3 Å². The van der Waals surface area contributed by atoms with Gasteiger partial charge in [0.15, 0.2) is 5.11 Å². The lowest BCUT2D eigenvalue weighted by Gasteiger charge is -2.31. The standard InChI is InChI=1S/C20H28N2O4S/c1-6-13(7-2)11-26-19(23)17-12(3)21-20(27)22-18(17)15-10-14(24-4)8-9-16(15)25-5/h8-10,13,18H,6-7,11H2,1-5H3,(H2,21,22,27). The Kier molecular flexibility index (Phi) is 7.47. The Morgan fingerprint density at radius 3 is 2.52 bits per heavy atom. The van der Waals surface area contributed by atoms with Crippen LogP contribution in [-0.4, -0.2) is 31.9 Å². The molecule has 1 heterocycles. The van der Waals surface area contributed by atoms with Gasteiger partial charge < -0.3 is 24.8 Å². The topological polar surface area (TPSA) is 68.8 Å². The monoisotopic (exact) mass is 392 g/mol. The molecule has 0 amide bonds. The number of allylic oxidation sites excluding steroid dienone is 1. The average molecular weight is 393 g/mol. The van der Waals surface area contributed by atoms with Crippen LogP contribution in [0, 0.1) is 5.92 Å². The number of hydrogen-bond donors (Lipinski definition) is 2. The molecule has 1 unspecified atom stereocenters. The molecule has 1 aromatic carbocycles. The number of methoxy groups -OCH3 is 2. The highest BCUT2D eigenvalue weighted by Crippen LogP contribution is 2.36. The lowest BCUT2D eigenvalue weighted by atomic mass is 9.94. The largest absolute Gasteiger partial charge is 0.497 e. The van der Waals surface area contributed by atoms with Crippen molar-refractivity contribution >= 4 is 23.3 Å². The molecule has 2 N–H and O–H groups in total. The van der Waals surface area contributed by atoms with Crippen LogP contribution in [0.3, 0.4) is 0 Å². The summed E-state index contributed by atoms with van der Waals surface area (Å²) in [5.74, 6) is 1.29. The predicted octanol–water partition coefficient (Wildman–Crippen LogP) is 3.48. The van der Waals surface area contributed by atoms with Crippen molar-refractivity contribution in [3.63, 3.8) is 0 Å². The van der Waals surface area contributed by atoms with Crippen molar-refractivity contribution in [2.45, 2.75) is 39.7 Å². The first kappa shape index (κ1) is 21.0. The molecule has 148 valence electrons. The molecule has 0 saturated heterocycles. The van der Waals surface area contributed by atoms with Gasteiger partial charge in [0.05, 0.1) is 32.4 Å². The summed E-state index contributed by atoms with van der Waals surface area (Å²) in [5.41, 5.74) is 1.92. The second-order valence-electron chi connectivity index (χ2n) is 6.46. The molecule has 0 fully saturated rings. The molecule has 27 heavy (non-hydrogen) atoms. The summed E-state index contributed by atoms with van der Waals surface area (Å²) >= 11 is 5.30. The zero-order chi connectivity index (χ0) is 20.0. The fraction of sp³-hybridized carbons (Fsp3) is 0.500. The molecule has 2 rings (SSSR count). The molecule has 1 atom stereocenters. The third-order valence-corrected chi connectivity index (χ3v) is 5.06. The van der Waals surface area contributed by atoms with Crippen LogP contribution in [-0.2, 0) is 9.53 Å². The number of esters is 1. The molecule has 0 radical (unpaired) electrons. The molecule has 0 saturated carbocycles. The smallest absolute Gasteiger partial charge is 0.338 e. The van der Waals surface area contributed by atoms with Crippen LogP contribution in [0.5, 0.6) is 11.5 Å². The molecule has 7 heteroatoms. The number of benzene rings is 1. The van der Waals surface area contributed by atoms with Gasteiger partial charge in [-0.3, -0.25) is 0 Å². The summed E-state index contributed by atoms with van der Waals surface area (Å²) in [6.45, 7) is 6.41. The molecule has 1 aliphatic rings. The SMILES string of the molecule is CCC(CC)COC(=O)C1=C(C)NC(=S)NC1c1cc(OC)ccc1OC. The molecule has 0 bridgehead atoms. The van der Waals surface area contributed by atoms with Gasteiger partial charge in [0.25, 0.3) is 0 Å². The average Bonchev–Trinajstić information content (AvgIpc) is 2.67. The Morgan fingerprint density at radius 1 is 1.22 bits per heavy atom. The summed E-state index contributed by atoms with van der Waals surface area (Å²) in [7, 11) is 3.18. The second kappa shape index (κ2) is 9.60. The second-order valence-corrected chi connectivity index (χ2v) is 6.87. The zero-order valence-corrected chi connectivity index (χ0v) is 17.4. The van der Waals surface area contributed by atoms with Crippen molar-refractivity contribution in [3.8, 4) is 11.5 Å². The minimum absolute atomic E-state index is 0.352. The summed E-state index contributed by atoms with van der Waals surface area (Å²) in [4.78, 5) is 12.9. The summed E-state index contributed by atoms with van der Waals surface area (Å²) < 4.78 is 16.5. The third-order valence-electron chi connectivity index (χ3n) is 4.84. The van der Waals surface area contributed by atoms with E-state index in [4.69, 9.17) is 26.4 Å². The van der Waals surface area contributed by atoms with Crippen LogP contribution < -0.4 is 20.1 Å². The van der Waals surface area contributed by atoms with Crippen LogP contribution in [0.2, 0.25) is 0 Å². The lowest BCUT2D eigenvalue weighted by Crippen LogP contribution is -2.45. The minimum atomic E-state index is -0.488. The molecule has 0 aliphatic carbocycles. The Bertz CT molecular complexity index is 729. The highest BCUT2D eigenvalue weighted by molar-refractivity contribution is 7.80. The van der Waals surface area contributed by atoms with Crippen molar-refractivity contribution in [2.75, 3.05) is 20.8 Å². The van der Waals surface area contributed by atoms with E-state index in [2.05, 4.69) is 24.5 Å². The van der Waals surface area contributed by atoms with Gasteiger partial charge in [-0.05, 0) is 43.3 Å².